The number of nitrogens with two attached hydrogens (primary N) is 1. The minimum atomic E-state index is -0.195. The molecule has 0 fully saturated rings. The highest BCUT2D eigenvalue weighted by Gasteiger charge is 2.14. The molecule has 0 aliphatic carbocycles. The molecular weight excluding hydrogens is 438 g/mol. The lowest BCUT2D eigenvalue weighted by Crippen LogP contribution is -2.15. The predicted molar refractivity (Wildman–Crippen MR) is 147 cm³/mol. The summed E-state index contributed by atoms with van der Waals surface area (Å²) in [4.78, 5) is 4.92. The van der Waals surface area contributed by atoms with Crippen LogP contribution in [0, 0.1) is 11.3 Å². The van der Waals surface area contributed by atoms with Crippen molar-refractivity contribution in [3.63, 3.8) is 0 Å². The first-order valence-corrected chi connectivity index (χ1v) is 11.9. The number of benzene rings is 5. The lowest BCUT2D eigenvalue weighted by molar-refractivity contribution is 0.871. The van der Waals surface area contributed by atoms with Gasteiger partial charge in [0, 0.05) is 5.56 Å². The van der Waals surface area contributed by atoms with Crippen molar-refractivity contribution < 1.29 is 0 Å². The van der Waals surface area contributed by atoms with E-state index in [0.717, 1.165) is 38.9 Å². The Morgan fingerprint density at radius 2 is 0.972 bits per heavy atom. The van der Waals surface area contributed by atoms with E-state index >= 15 is 0 Å². The van der Waals surface area contributed by atoms with E-state index < -0.39 is 0 Å². The van der Waals surface area contributed by atoms with Crippen LogP contribution in [0.3, 0.4) is 0 Å². The van der Waals surface area contributed by atoms with E-state index in [4.69, 9.17) is 16.0 Å². The van der Waals surface area contributed by atoms with Gasteiger partial charge in [0.1, 0.15) is 11.9 Å². The number of nitrogens with zero attached hydrogens (tertiary/aromatic N) is 2. The van der Waals surface area contributed by atoms with Gasteiger partial charge >= 0.3 is 0 Å². The van der Waals surface area contributed by atoms with E-state index in [1.54, 1.807) is 0 Å². The Balaban J connectivity index is 1.42. The largest absolute Gasteiger partial charge is 0.383 e. The van der Waals surface area contributed by atoms with Crippen LogP contribution >= 0.6 is 0 Å². The molecule has 172 valence electrons. The lowest BCUT2D eigenvalue weighted by atomic mass is 9.95. The highest BCUT2D eigenvalue weighted by atomic mass is 14.9. The molecule has 5 rings (SSSR count). The van der Waals surface area contributed by atoms with E-state index in [-0.39, 0.29) is 6.04 Å². The molecule has 36 heavy (non-hydrogen) atoms. The normalized spacial score (nSPS) is 12.0. The van der Waals surface area contributed by atoms with Crippen LogP contribution in [-0.2, 0) is 0 Å². The van der Waals surface area contributed by atoms with Crippen molar-refractivity contribution >= 4 is 5.84 Å². The summed E-state index contributed by atoms with van der Waals surface area (Å²) in [5.41, 5.74) is 14.6. The van der Waals surface area contributed by atoms with Crippen LogP contribution in [0.25, 0.3) is 22.3 Å². The Kier molecular flexibility index (Phi) is 6.69. The van der Waals surface area contributed by atoms with Crippen molar-refractivity contribution in [1.82, 2.24) is 0 Å². The molecule has 0 spiro atoms. The highest BCUT2D eigenvalue weighted by Crippen LogP contribution is 2.30. The van der Waals surface area contributed by atoms with Gasteiger partial charge in [-0.1, -0.05) is 121 Å². The Morgan fingerprint density at radius 1 is 0.556 bits per heavy atom. The number of hydrogen-bond donors (Lipinski definition) is 1. The maximum absolute atomic E-state index is 9.01. The first-order valence-electron chi connectivity index (χ1n) is 11.9. The number of nitriles is 1. The molecule has 3 nitrogen and oxygen atoms in total. The van der Waals surface area contributed by atoms with Gasteiger partial charge in [0.15, 0.2) is 0 Å². The molecule has 0 saturated heterocycles. The summed E-state index contributed by atoms with van der Waals surface area (Å²) < 4.78 is 0. The molecule has 3 heteroatoms. The molecule has 0 aliphatic rings. The highest BCUT2D eigenvalue weighted by molar-refractivity contribution is 5.97. The van der Waals surface area contributed by atoms with Crippen molar-refractivity contribution in [3.8, 4) is 28.3 Å². The average molecular weight is 464 g/mol. The van der Waals surface area contributed by atoms with Crippen LogP contribution < -0.4 is 5.73 Å². The van der Waals surface area contributed by atoms with Crippen LogP contribution in [0.2, 0.25) is 0 Å². The third-order valence-corrected chi connectivity index (χ3v) is 6.25. The molecule has 5 aromatic carbocycles. The zero-order valence-electron chi connectivity index (χ0n) is 19.8. The molecule has 0 heterocycles. The molecule has 5 aromatic rings. The van der Waals surface area contributed by atoms with Gasteiger partial charge in [0.25, 0.3) is 0 Å². The minimum absolute atomic E-state index is 0.195. The van der Waals surface area contributed by atoms with Gasteiger partial charge in [0.2, 0.25) is 0 Å². The molecule has 1 atom stereocenters. The number of rotatable bonds is 6. The summed E-state index contributed by atoms with van der Waals surface area (Å²) in [7, 11) is 0. The molecule has 0 aliphatic heterocycles. The second kappa shape index (κ2) is 10.5. The van der Waals surface area contributed by atoms with E-state index in [0.29, 0.717) is 11.4 Å². The third-order valence-electron chi connectivity index (χ3n) is 6.25. The SMILES string of the molecule is N#Cc1ccc(-c2ccc(-c3ccc(C(/N=C(\N)c4ccccc4)c4ccccc4)cc3)cc2)cc1. The summed E-state index contributed by atoms with van der Waals surface area (Å²) in [6.07, 6.45) is 0. The van der Waals surface area contributed by atoms with Gasteiger partial charge < -0.3 is 5.73 Å². The molecule has 1 unspecified atom stereocenters. The van der Waals surface area contributed by atoms with Crippen molar-refractivity contribution in [2.75, 3.05) is 0 Å². The first-order chi connectivity index (χ1) is 17.7. The molecular formula is C33H25N3. The number of aliphatic imine (C=N–C) groups is 1. The van der Waals surface area contributed by atoms with Crippen LogP contribution in [0.15, 0.2) is 138 Å². The molecule has 2 N–H and O–H groups in total. The minimum Gasteiger partial charge on any atom is -0.383 e. The molecule has 0 radical (unpaired) electrons. The Labute approximate surface area is 211 Å². The fourth-order valence-corrected chi connectivity index (χ4v) is 4.25. The van der Waals surface area contributed by atoms with E-state index in [1.807, 2.05) is 72.8 Å². The van der Waals surface area contributed by atoms with Gasteiger partial charge in [-0.15, -0.1) is 0 Å². The van der Waals surface area contributed by atoms with Crippen molar-refractivity contribution in [1.29, 1.82) is 5.26 Å². The number of amidine groups is 1. The Morgan fingerprint density at radius 3 is 1.47 bits per heavy atom. The summed E-state index contributed by atoms with van der Waals surface area (Å²) >= 11 is 0. The van der Waals surface area contributed by atoms with Crippen LogP contribution in [0.5, 0.6) is 0 Å². The van der Waals surface area contributed by atoms with Crippen LogP contribution in [0.1, 0.15) is 28.3 Å². The van der Waals surface area contributed by atoms with E-state index in [9.17, 15) is 0 Å². The van der Waals surface area contributed by atoms with E-state index in [1.165, 1.54) is 0 Å². The second-order valence-corrected chi connectivity index (χ2v) is 8.58. The fourth-order valence-electron chi connectivity index (χ4n) is 4.25. The van der Waals surface area contributed by atoms with Gasteiger partial charge in [-0.3, -0.25) is 4.99 Å². The standard InChI is InChI=1S/C33H25N3/c34-23-24-11-13-25(14-12-24)26-15-17-27(18-16-26)28-19-21-30(22-20-28)32(29-7-3-1-4-8-29)36-33(35)31-9-5-2-6-10-31/h1-22,32H,(H2,35,36). The van der Waals surface area contributed by atoms with Crippen molar-refractivity contribution in [3.05, 3.63) is 156 Å². The topological polar surface area (TPSA) is 62.2 Å². The fraction of sp³-hybridized carbons (Fsp3) is 0.0303. The maximum Gasteiger partial charge on any atom is 0.126 e. The Hall–Kier alpha value is -4.94. The zero-order valence-corrected chi connectivity index (χ0v) is 19.8. The van der Waals surface area contributed by atoms with Gasteiger partial charge in [-0.05, 0) is 45.5 Å². The molecule has 0 amide bonds. The lowest BCUT2D eigenvalue weighted by Gasteiger charge is -2.16. The first kappa shape index (κ1) is 22.8. The smallest absolute Gasteiger partial charge is 0.126 e. The summed E-state index contributed by atoms with van der Waals surface area (Å²) in [6.45, 7) is 0. The van der Waals surface area contributed by atoms with E-state index in [2.05, 4.69) is 66.7 Å². The summed E-state index contributed by atoms with van der Waals surface area (Å²) in [5, 5.41) is 9.01. The predicted octanol–water partition coefficient (Wildman–Crippen LogP) is 7.39. The van der Waals surface area contributed by atoms with Gasteiger partial charge in [-0.2, -0.15) is 5.26 Å². The quantitative estimate of drug-likeness (QED) is 0.211. The average Bonchev–Trinajstić information content (AvgIpc) is 2.97. The Bertz CT molecular complexity index is 1500. The van der Waals surface area contributed by atoms with Gasteiger partial charge in [0.05, 0.1) is 11.6 Å². The van der Waals surface area contributed by atoms with Crippen molar-refractivity contribution in [2.24, 2.45) is 10.7 Å². The summed E-state index contributed by atoms with van der Waals surface area (Å²) in [5.74, 6) is 0.520. The molecule has 0 aromatic heterocycles. The third kappa shape index (κ3) is 5.09. The van der Waals surface area contributed by atoms with Crippen molar-refractivity contribution in [2.45, 2.75) is 6.04 Å². The second-order valence-electron chi connectivity index (χ2n) is 8.58. The van der Waals surface area contributed by atoms with Crippen LogP contribution in [-0.4, -0.2) is 5.84 Å². The summed E-state index contributed by atoms with van der Waals surface area (Å²) in [6, 6.07) is 46.7. The zero-order chi connectivity index (χ0) is 24.7. The number of hydrogen-bond acceptors (Lipinski definition) is 2. The molecule has 0 saturated carbocycles. The molecule has 0 bridgehead atoms. The monoisotopic (exact) mass is 463 g/mol. The van der Waals surface area contributed by atoms with Crippen LogP contribution in [0.4, 0.5) is 0 Å². The van der Waals surface area contributed by atoms with Gasteiger partial charge in [-0.25, -0.2) is 0 Å². The maximum atomic E-state index is 9.01.